The monoisotopic (exact) mass is 262 g/mol. The van der Waals surface area contributed by atoms with Gasteiger partial charge in [-0.3, -0.25) is 4.79 Å². The number of carbonyl (C=O) groups is 1. The van der Waals surface area contributed by atoms with Crippen LogP contribution in [0.5, 0.6) is 0 Å². The number of carbonyl (C=O) groups excluding carboxylic acids is 1. The normalized spacial score (nSPS) is 36.7. The topological polar surface area (TPSA) is 26.3 Å². The fourth-order valence-electron chi connectivity index (χ4n) is 3.68. The summed E-state index contributed by atoms with van der Waals surface area (Å²) in [7, 11) is 0. The second kappa shape index (κ2) is 5.15. The summed E-state index contributed by atoms with van der Waals surface area (Å²) >= 11 is 0. The number of rotatable bonds is 1. The lowest BCUT2D eigenvalue weighted by molar-refractivity contribution is -0.144. The third-order valence-corrected chi connectivity index (χ3v) is 5.00. The van der Waals surface area contributed by atoms with Crippen LogP contribution in [0.3, 0.4) is 0 Å². The van der Waals surface area contributed by atoms with Crippen LogP contribution >= 0.6 is 0 Å². The summed E-state index contributed by atoms with van der Waals surface area (Å²) < 4.78 is 5.44. The van der Waals surface area contributed by atoms with E-state index in [0.717, 1.165) is 19.3 Å². The van der Waals surface area contributed by atoms with E-state index < -0.39 is 0 Å². The van der Waals surface area contributed by atoms with Gasteiger partial charge in [0, 0.05) is 6.92 Å². The van der Waals surface area contributed by atoms with Crippen molar-refractivity contribution >= 4 is 5.97 Å². The quantitative estimate of drug-likeness (QED) is 0.521. The Balaban J connectivity index is 2.16. The van der Waals surface area contributed by atoms with Crippen molar-refractivity contribution in [3.63, 3.8) is 0 Å². The van der Waals surface area contributed by atoms with Crippen LogP contribution < -0.4 is 0 Å². The minimum Gasteiger partial charge on any atom is -0.458 e. The summed E-state index contributed by atoms with van der Waals surface area (Å²) in [6.07, 6.45) is 6.41. The van der Waals surface area contributed by atoms with Gasteiger partial charge in [0.15, 0.2) is 0 Å². The molecule has 2 heteroatoms. The van der Waals surface area contributed by atoms with Crippen molar-refractivity contribution in [1.82, 2.24) is 0 Å². The average molecular weight is 262 g/mol. The van der Waals surface area contributed by atoms with Crippen molar-refractivity contribution in [2.24, 2.45) is 17.3 Å². The predicted octanol–water partition coefficient (Wildman–Crippen LogP) is 4.27. The third kappa shape index (κ3) is 2.93. The number of fused-ring (bicyclic) bond motifs is 1. The van der Waals surface area contributed by atoms with Gasteiger partial charge in [-0.2, -0.15) is 0 Å². The summed E-state index contributed by atoms with van der Waals surface area (Å²) in [6.45, 7) is 12.6. The van der Waals surface area contributed by atoms with E-state index >= 15 is 0 Å². The van der Waals surface area contributed by atoms with Crippen molar-refractivity contribution in [3.8, 4) is 0 Å². The Kier molecular flexibility index (Phi) is 3.89. The summed E-state index contributed by atoms with van der Waals surface area (Å²) in [5, 5.41) is 0. The van der Waals surface area contributed by atoms with Crippen LogP contribution in [0.4, 0.5) is 0 Å². The third-order valence-electron chi connectivity index (χ3n) is 5.00. The standard InChI is InChI=1S/C17H26O2/c1-11-7-9-16(19-13(3)18)12(2)6-8-15-14(11)10-17(15,4)5/h6,14-16H,1,7-10H2,2-5H3/b12-6+/t14-,15-,16?/m1/s1. The van der Waals surface area contributed by atoms with Crippen LogP contribution in [0.15, 0.2) is 23.8 Å². The Hall–Kier alpha value is -1.05. The van der Waals surface area contributed by atoms with Crippen molar-refractivity contribution in [2.45, 2.75) is 59.5 Å². The lowest BCUT2D eigenvalue weighted by Gasteiger charge is -2.52. The zero-order chi connectivity index (χ0) is 14.2. The van der Waals surface area contributed by atoms with Crippen molar-refractivity contribution < 1.29 is 9.53 Å². The SMILES string of the molecule is C=C1CCC(OC(C)=O)/C(C)=C/C[C@@H]2[C@@H]1CC2(C)C. The minimum atomic E-state index is -0.189. The molecule has 0 bridgehead atoms. The Labute approximate surface area is 116 Å². The highest BCUT2D eigenvalue weighted by atomic mass is 16.5. The first-order valence-electron chi connectivity index (χ1n) is 7.33. The van der Waals surface area contributed by atoms with Crippen molar-refractivity contribution in [1.29, 1.82) is 0 Å². The number of ether oxygens (including phenoxy) is 1. The highest BCUT2D eigenvalue weighted by molar-refractivity contribution is 5.66. The molecular formula is C17H26O2. The molecule has 2 aliphatic carbocycles. The van der Waals surface area contributed by atoms with Gasteiger partial charge in [-0.05, 0) is 55.4 Å². The van der Waals surface area contributed by atoms with Crippen LogP contribution in [-0.4, -0.2) is 12.1 Å². The van der Waals surface area contributed by atoms with E-state index in [1.165, 1.54) is 24.5 Å². The van der Waals surface area contributed by atoms with E-state index in [-0.39, 0.29) is 12.1 Å². The molecule has 0 aromatic rings. The van der Waals surface area contributed by atoms with Gasteiger partial charge in [0.1, 0.15) is 6.10 Å². The number of hydrogen-bond acceptors (Lipinski definition) is 2. The van der Waals surface area contributed by atoms with E-state index in [1.54, 1.807) is 0 Å². The highest BCUT2D eigenvalue weighted by Gasteiger charge is 2.47. The molecule has 0 saturated heterocycles. The van der Waals surface area contributed by atoms with Gasteiger partial charge < -0.3 is 4.74 Å². The fourth-order valence-corrected chi connectivity index (χ4v) is 3.68. The maximum absolute atomic E-state index is 11.2. The number of allylic oxidation sites excluding steroid dienone is 2. The second-order valence-corrected chi connectivity index (χ2v) is 6.88. The molecule has 0 N–H and O–H groups in total. The first-order valence-corrected chi connectivity index (χ1v) is 7.33. The van der Waals surface area contributed by atoms with Gasteiger partial charge in [-0.25, -0.2) is 0 Å². The molecule has 2 rings (SSSR count). The Morgan fingerprint density at radius 2 is 2.16 bits per heavy atom. The fraction of sp³-hybridized carbons (Fsp3) is 0.706. The largest absolute Gasteiger partial charge is 0.458 e. The lowest BCUT2D eigenvalue weighted by Crippen LogP contribution is -2.44. The molecule has 0 aromatic carbocycles. The zero-order valence-corrected chi connectivity index (χ0v) is 12.7. The molecule has 3 atom stereocenters. The Morgan fingerprint density at radius 1 is 1.47 bits per heavy atom. The molecule has 0 aromatic heterocycles. The molecule has 0 heterocycles. The zero-order valence-electron chi connectivity index (χ0n) is 12.7. The van der Waals surface area contributed by atoms with Crippen LogP contribution in [0.1, 0.15) is 53.4 Å². The van der Waals surface area contributed by atoms with E-state index in [9.17, 15) is 4.79 Å². The van der Waals surface area contributed by atoms with Crippen molar-refractivity contribution in [3.05, 3.63) is 23.8 Å². The lowest BCUT2D eigenvalue weighted by atomic mass is 9.52. The summed E-state index contributed by atoms with van der Waals surface area (Å²) in [6, 6.07) is 0. The first-order chi connectivity index (χ1) is 8.81. The van der Waals surface area contributed by atoms with Crippen LogP contribution in [0, 0.1) is 17.3 Å². The summed E-state index contributed by atoms with van der Waals surface area (Å²) in [5.74, 6) is 1.17. The van der Waals surface area contributed by atoms with E-state index in [0.29, 0.717) is 17.3 Å². The van der Waals surface area contributed by atoms with E-state index in [1.807, 2.05) is 0 Å². The minimum absolute atomic E-state index is 0.0603. The summed E-state index contributed by atoms with van der Waals surface area (Å²) in [4.78, 5) is 11.2. The van der Waals surface area contributed by atoms with E-state index in [2.05, 4.69) is 33.4 Å². The van der Waals surface area contributed by atoms with Crippen LogP contribution in [0.25, 0.3) is 0 Å². The van der Waals surface area contributed by atoms with Crippen LogP contribution in [0.2, 0.25) is 0 Å². The molecule has 19 heavy (non-hydrogen) atoms. The molecule has 0 aliphatic heterocycles. The van der Waals surface area contributed by atoms with Gasteiger partial charge in [0.2, 0.25) is 0 Å². The molecule has 0 amide bonds. The molecule has 0 radical (unpaired) electrons. The van der Waals surface area contributed by atoms with E-state index in [4.69, 9.17) is 4.74 Å². The Morgan fingerprint density at radius 3 is 2.74 bits per heavy atom. The Bertz CT molecular complexity index is 417. The number of hydrogen-bond donors (Lipinski definition) is 0. The molecule has 2 nitrogen and oxygen atoms in total. The van der Waals surface area contributed by atoms with Gasteiger partial charge >= 0.3 is 5.97 Å². The van der Waals surface area contributed by atoms with Gasteiger partial charge in [0.05, 0.1) is 0 Å². The van der Waals surface area contributed by atoms with Gasteiger partial charge in [0.25, 0.3) is 0 Å². The summed E-state index contributed by atoms with van der Waals surface area (Å²) in [5.41, 5.74) is 2.97. The molecule has 1 saturated carbocycles. The van der Waals surface area contributed by atoms with Crippen LogP contribution in [-0.2, 0) is 9.53 Å². The smallest absolute Gasteiger partial charge is 0.303 e. The second-order valence-electron chi connectivity index (χ2n) is 6.88. The molecule has 1 fully saturated rings. The molecular weight excluding hydrogens is 236 g/mol. The maximum atomic E-state index is 11.2. The number of esters is 1. The molecule has 1 unspecified atom stereocenters. The molecule has 106 valence electrons. The molecule has 0 spiro atoms. The highest BCUT2D eigenvalue weighted by Crippen LogP contribution is 2.56. The average Bonchev–Trinajstić information content (AvgIpc) is 2.33. The van der Waals surface area contributed by atoms with Crippen molar-refractivity contribution in [2.75, 3.05) is 0 Å². The first kappa shape index (κ1) is 14.4. The van der Waals surface area contributed by atoms with Gasteiger partial charge in [-0.1, -0.05) is 32.1 Å². The predicted molar refractivity (Wildman–Crippen MR) is 77.7 cm³/mol. The maximum Gasteiger partial charge on any atom is 0.303 e. The molecule has 2 aliphatic rings. The van der Waals surface area contributed by atoms with Gasteiger partial charge in [-0.15, -0.1) is 0 Å².